The number of hydrogen-bond donors (Lipinski definition) is 2. The highest BCUT2D eigenvalue weighted by Gasteiger charge is 2.49. The summed E-state index contributed by atoms with van der Waals surface area (Å²) < 4.78 is 5.15. The van der Waals surface area contributed by atoms with Crippen molar-refractivity contribution in [3.63, 3.8) is 0 Å². The molecule has 0 aliphatic carbocycles. The van der Waals surface area contributed by atoms with Gasteiger partial charge in [0.25, 0.3) is 5.91 Å². The van der Waals surface area contributed by atoms with Crippen LogP contribution in [0, 0.1) is 0 Å². The summed E-state index contributed by atoms with van der Waals surface area (Å²) in [7, 11) is 1.47. The Balaban J connectivity index is 2.12. The summed E-state index contributed by atoms with van der Waals surface area (Å²) in [6.07, 6.45) is 0.933. The van der Waals surface area contributed by atoms with E-state index in [2.05, 4.69) is 10.6 Å². The van der Waals surface area contributed by atoms with E-state index in [-0.39, 0.29) is 12.5 Å². The molecule has 2 rings (SSSR count). The molecule has 0 aromatic heterocycles. The lowest BCUT2D eigenvalue weighted by molar-refractivity contribution is -0.134. The van der Waals surface area contributed by atoms with Gasteiger partial charge in [-0.1, -0.05) is 25.4 Å². The fourth-order valence-corrected chi connectivity index (χ4v) is 2.83. The van der Waals surface area contributed by atoms with Gasteiger partial charge >= 0.3 is 6.03 Å². The summed E-state index contributed by atoms with van der Waals surface area (Å²) in [4.78, 5) is 37.7. The van der Waals surface area contributed by atoms with Crippen LogP contribution in [0.15, 0.2) is 18.2 Å². The van der Waals surface area contributed by atoms with E-state index in [0.717, 1.165) is 4.90 Å². The fourth-order valence-electron chi connectivity index (χ4n) is 2.66. The van der Waals surface area contributed by atoms with Crippen LogP contribution < -0.4 is 15.4 Å². The van der Waals surface area contributed by atoms with Crippen LogP contribution in [0.5, 0.6) is 5.75 Å². The smallest absolute Gasteiger partial charge is 0.325 e. The van der Waals surface area contributed by atoms with E-state index in [1.54, 1.807) is 12.1 Å². The van der Waals surface area contributed by atoms with Crippen molar-refractivity contribution in [2.75, 3.05) is 19.0 Å². The quantitative estimate of drug-likeness (QED) is 0.769. The van der Waals surface area contributed by atoms with E-state index in [0.29, 0.717) is 29.3 Å². The maximum Gasteiger partial charge on any atom is 0.325 e. The van der Waals surface area contributed by atoms with Gasteiger partial charge < -0.3 is 15.4 Å². The molecule has 7 nitrogen and oxygen atoms in total. The molecule has 1 heterocycles. The van der Waals surface area contributed by atoms with E-state index in [4.69, 9.17) is 16.3 Å². The molecule has 2 N–H and O–H groups in total. The Morgan fingerprint density at radius 2 is 2.00 bits per heavy atom. The number of imide groups is 1. The molecule has 0 atom stereocenters. The third kappa shape index (κ3) is 3.31. The summed E-state index contributed by atoms with van der Waals surface area (Å²) in [6, 6.07) is 4.22. The Kier molecular flexibility index (Phi) is 5.33. The number of amides is 4. The molecular weight excluding hydrogens is 334 g/mol. The zero-order valence-electron chi connectivity index (χ0n) is 13.8. The summed E-state index contributed by atoms with van der Waals surface area (Å²) in [5.74, 6) is -0.464. The minimum Gasteiger partial charge on any atom is -0.495 e. The van der Waals surface area contributed by atoms with Gasteiger partial charge in [-0.25, -0.2) is 4.79 Å². The van der Waals surface area contributed by atoms with Gasteiger partial charge in [-0.05, 0) is 31.0 Å². The summed E-state index contributed by atoms with van der Waals surface area (Å²) in [5.41, 5.74) is -0.551. The molecule has 130 valence electrons. The number of urea groups is 1. The van der Waals surface area contributed by atoms with Gasteiger partial charge in [0.2, 0.25) is 5.91 Å². The maximum absolute atomic E-state index is 12.5. The number of halogens is 1. The van der Waals surface area contributed by atoms with Crippen LogP contribution in [0.1, 0.15) is 26.7 Å². The lowest BCUT2D eigenvalue weighted by Gasteiger charge is -2.23. The Morgan fingerprint density at radius 1 is 1.33 bits per heavy atom. The number of carbonyl (C=O) groups excluding carboxylic acids is 3. The van der Waals surface area contributed by atoms with Crippen LogP contribution in [-0.4, -0.2) is 41.9 Å². The number of nitrogens with one attached hydrogen (secondary N) is 2. The van der Waals surface area contributed by atoms with Gasteiger partial charge in [0, 0.05) is 5.02 Å². The van der Waals surface area contributed by atoms with Crippen molar-refractivity contribution < 1.29 is 19.1 Å². The second-order valence-corrected chi connectivity index (χ2v) is 5.94. The van der Waals surface area contributed by atoms with Gasteiger partial charge in [-0.3, -0.25) is 14.5 Å². The number of hydrogen-bond acceptors (Lipinski definition) is 4. The molecule has 1 aliphatic rings. The molecule has 0 unspecified atom stereocenters. The largest absolute Gasteiger partial charge is 0.495 e. The van der Waals surface area contributed by atoms with E-state index >= 15 is 0 Å². The van der Waals surface area contributed by atoms with Gasteiger partial charge in [0.15, 0.2) is 0 Å². The Morgan fingerprint density at radius 3 is 2.54 bits per heavy atom. The van der Waals surface area contributed by atoms with Crippen molar-refractivity contribution in [3.8, 4) is 5.75 Å². The van der Waals surface area contributed by atoms with Gasteiger partial charge in [0.1, 0.15) is 17.8 Å². The predicted octanol–water partition coefficient (Wildman–Crippen LogP) is 2.40. The molecule has 1 fully saturated rings. The van der Waals surface area contributed by atoms with E-state index in [1.165, 1.54) is 13.2 Å². The zero-order chi connectivity index (χ0) is 17.9. The minimum absolute atomic E-state index is 0.373. The normalized spacial score (nSPS) is 16.1. The monoisotopic (exact) mass is 353 g/mol. The number of benzene rings is 1. The second kappa shape index (κ2) is 7.09. The molecule has 0 bridgehead atoms. The van der Waals surface area contributed by atoms with Crippen LogP contribution in [0.3, 0.4) is 0 Å². The summed E-state index contributed by atoms with van der Waals surface area (Å²) in [6.45, 7) is 3.27. The number of anilines is 1. The first-order valence-corrected chi connectivity index (χ1v) is 8.02. The molecule has 24 heavy (non-hydrogen) atoms. The Bertz CT molecular complexity index is 673. The molecule has 8 heteroatoms. The van der Waals surface area contributed by atoms with Crippen molar-refractivity contribution in [3.05, 3.63) is 23.2 Å². The van der Waals surface area contributed by atoms with Crippen molar-refractivity contribution in [1.29, 1.82) is 0 Å². The molecular formula is C16H20ClN3O4. The predicted molar refractivity (Wildman–Crippen MR) is 90.2 cm³/mol. The van der Waals surface area contributed by atoms with Crippen molar-refractivity contribution in [2.24, 2.45) is 0 Å². The van der Waals surface area contributed by atoms with Crippen molar-refractivity contribution in [2.45, 2.75) is 32.2 Å². The molecule has 1 aromatic carbocycles. The highest BCUT2D eigenvalue weighted by molar-refractivity contribution is 6.31. The maximum atomic E-state index is 12.5. The number of rotatable bonds is 6. The van der Waals surface area contributed by atoms with Crippen molar-refractivity contribution >= 4 is 35.1 Å². The molecule has 0 saturated carbocycles. The molecule has 0 radical (unpaired) electrons. The second-order valence-electron chi connectivity index (χ2n) is 5.50. The number of carbonyl (C=O) groups is 3. The highest BCUT2D eigenvalue weighted by Crippen LogP contribution is 2.28. The lowest BCUT2D eigenvalue weighted by Crippen LogP contribution is -2.46. The van der Waals surface area contributed by atoms with Crippen LogP contribution in [0.25, 0.3) is 0 Å². The van der Waals surface area contributed by atoms with Crippen LogP contribution in [0.4, 0.5) is 10.5 Å². The van der Waals surface area contributed by atoms with Gasteiger partial charge in [-0.15, -0.1) is 0 Å². The Labute approximate surface area is 145 Å². The molecule has 1 aromatic rings. The first-order chi connectivity index (χ1) is 11.4. The zero-order valence-corrected chi connectivity index (χ0v) is 14.6. The van der Waals surface area contributed by atoms with Crippen LogP contribution in [-0.2, 0) is 9.59 Å². The summed E-state index contributed by atoms with van der Waals surface area (Å²) >= 11 is 5.91. The molecule has 0 spiro atoms. The fraction of sp³-hybridized carbons (Fsp3) is 0.438. The molecule has 1 aliphatic heterocycles. The SMILES string of the molecule is CCC1(CC)NC(=O)N(CC(=O)Nc2cc(Cl)ccc2OC)C1=O. The van der Waals surface area contributed by atoms with Crippen LogP contribution >= 0.6 is 11.6 Å². The first-order valence-electron chi connectivity index (χ1n) is 7.64. The summed E-state index contributed by atoms with van der Waals surface area (Å²) in [5, 5.41) is 5.72. The third-order valence-electron chi connectivity index (χ3n) is 4.19. The number of ether oxygens (including phenoxy) is 1. The number of nitrogens with zero attached hydrogens (tertiary/aromatic N) is 1. The van der Waals surface area contributed by atoms with Crippen molar-refractivity contribution in [1.82, 2.24) is 10.2 Å². The molecule has 4 amide bonds. The van der Waals surface area contributed by atoms with Gasteiger partial charge in [-0.2, -0.15) is 0 Å². The lowest BCUT2D eigenvalue weighted by atomic mass is 9.93. The van der Waals surface area contributed by atoms with Crippen LogP contribution in [0.2, 0.25) is 5.02 Å². The third-order valence-corrected chi connectivity index (χ3v) is 4.43. The first kappa shape index (κ1) is 18.1. The average Bonchev–Trinajstić information content (AvgIpc) is 2.79. The highest BCUT2D eigenvalue weighted by atomic mass is 35.5. The standard InChI is InChI=1S/C16H20ClN3O4/c1-4-16(5-2)14(22)20(15(23)19-16)9-13(21)18-11-8-10(17)6-7-12(11)24-3/h6-8H,4-5,9H2,1-3H3,(H,18,21)(H,19,23). The molecule has 1 saturated heterocycles. The van der Waals surface area contributed by atoms with Gasteiger partial charge in [0.05, 0.1) is 12.8 Å². The van der Waals surface area contributed by atoms with E-state index in [1.807, 2.05) is 13.8 Å². The minimum atomic E-state index is -0.925. The Hall–Kier alpha value is -2.28. The topological polar surface area (TPSA) is 87.7 Å². The van der Waals surface area contributed by atoms with E-state index in [9.17, 15) is 14.4 Å². The number of methoxy groups -OCH3 is 1. The average molecular weight is 354 g/mol. The van der Waals surface area contributed by atoms with E-state index < -0.39 is 17.5 Å².